The maximum Gasteiger partial charge on any atom is 0.194 e. The molecule has 0 radical (unpaired) electrons. The molecule has 0 aliphatic rings. The molecule has 0 saturated carbocycles. The lowest BCUT2D eigenvalue weighted by Crippen LogP contribution is -1.96. The highest BCUT2D eigenvalue weighted by Crippen LogP contribution is 2.32. The fraction of sp³-hybridized carbons (Fsp3) is 0.0769. The minimum Gasteiger partial charge on any atom is -0.204 e. The maximum atomic E-state index is 13.3. The Kier molecular flexibility index (Phi) is 3.43. The highest BCUT2D eigenvalue weighted by molar-refractivity contribution is 7.99. The summed E-state index contributed by atoms with van der Waals surface area (Å²) in [5, 5.41) is 0. The Morgan fingerprint density at radius 3 is 2.24 bits per heavy atom. The first-order chi connectivity index (χ1) is 8.09. The monoisotopic (exact) mass is 254 g/mol. The highest BCUT2D eigenvalue weighted by atomic mass is 32.2. The number of rotatable bonds is 2. The summed E-state index contributed by atoms with van der Waals surface area (Å²) in [4.78, 5) is 1.23. The molecule has 0 fully saturated rings. The fourth-order valence-corrected chi connectivity index (χ4v) is 2.34. The molecule has 2 rings (SSSR count). The van der Waals surface area contributed by atoms with Gasteiger partial charge in [-0.05, 0) is 25.1 Å². The third-order valence-corrected chi connectivity index (χ3v) is 3.48. The molecule has 0 saturated heterocycles. The second-order valence-corrected chi connectivity index (χ2v) is 4.64. The summed E-state index contributed by atoms with van der Waals surface area (Å²) in [6, 6.07) is 10.2. The molecule has 2 aromatic rings. The Morgan fingerprint density at radius 1 is 0.941 bits per heavy atom. The molecule has 0 atom stereocenters. The van der Waals surface area contributed by atoms with Crippen LogP contribution in [0.25, 0.3) is 0 Å². The van der Waals surface area contributed by atoms with Crippen LogP contribution in [0.1, 0.15) is 5.56 Å². The van der Waals surface area contributed by atoms with Gasteiger partial charge >= 0.3 is 0 Å². The highest BCUT2D eigenvalue weighted by Gasteiger charge is 2.16. The van der Waals surface area contributed by atoms with Gasteiger partial charge < -0.3 is 0 Å². The second kappa shape index (κ2) is 4.84. The summed E-state index contributed by atoms with van der Waals surface area (Å²) in [6.07, 6.45) is 0. The standard InChI is InChI=1S/C13H9F3S/c1-8-11(7-10(14)13(16)12(8)15)17-9-5-3-2-4-6-9/h2-7H,1H3. The average Bonchev–Trinajstić information content (AvgIpc) is 2.35. The van der Waals surface area contributed by atoms with E-state index >= 15 is 0 Å². The molecular weight excluding hydrogens is 245 g/mol. The summed E-state index contributed by atoms with van der Waals surface area (Å²) in [6.45, 7) is 1.43. The smallest absolute Gasteiger partial charge is 0.194 e. The van der Waals surface area contributed by atoms with Crippen LogP contribution in [0.2, 0.25) is 0 Å². The van der Waals surface area contributed by atoms with Gasteiger partial charge in [0, 0.05) is 15.4 Å². The van der Waals surface area contributed by atoms with E-state index in [2.05, 4.69) is 0 Å². The van der Waals surface area contributed by atoms with E-state index in [-0.39, 0.29) is 5.56 Å². The Bertz CT molecular complexity index is 538. The van der Waals surface area contributed by atoms with Crippen molar-refractivity contribution in [1.82, 2.24) is 0 Å². The molecule has 0 heterocycles. The van der Waals surface area contributed by atoms with E-state index in [0.717, 1.165) is 11.0 Å². The lowest BCUT2D eigenvalue weighted by atomic mass is 10.2. The zero-order valence-electron chi connectivity index (χ0n) is 9.01. The van der Waals surface area contributed by atoms with Gasteiger partial charge in [-0.1, -0.05) is 30.0 Å². The maximum absolute atomic E-state index is 13.3. The van der Waals surface area contributed by atoms with Crippen molar-refractivity contribution in [2.24, 2.45) is 0 Å². The summed E-state index contributed by atoms with van der Waals surface area (Å²) in [5.41, 5.74) is 0.123. The average molecular weight is 254 g/mol. The van der Waals surface area contributed by atoms with Crippen molar-refractivity contribution in [2.75, 3.05) is 0 Å². The van der Waals surface area contributed by atoms with Gasteiger partial charge in [-0.3, -0.25) is 0 Å². The number of hydrogen-bond acceptors (Lipinski definition) is 1. The van der Waals surface area contributed by atoms with Crippen LogP contribution >= 0.6 is 11.8 Å². The van der Waals surface area contributed by atoms with Crippen molar-refractivity contribution in [1.29, 1.82) is 0 Å². The van der Waals surface area contributed by atoms with Crippen molar-refractivity contribution in [3.63, 3.8) is 0 Å². The summed E-state index contributed by atoms with van der Waals surface area (Å²) >= 11 is 1.20. The number of halogens is 3. The predicted molar refractivity (Wildman–Crippen MR) is 61.6 cm³/mol. The second-order valence-electron chi connectivity index (χ2n) is 3.52. The SMILES string of the molecule is Cc1c(Sc2ccccc2)cc(F)c(F)c1F. The van der Waals surface area contributed by atoms with Gasteiger partial charge in [0.05, 0.1) is 0 Å². The Labute approximate surface area is 101 Å². The quantitative estimate of drug-likeness (QED) is 0.708. The van der Waals surface area contributed by atoms with Crippen molar-refractivity contribution in [3.8, 4) is 0 Å². The largest absolute Gasteiger partial charge is 0.204 e. The van der Waals surface area contributed by atoms with E-state index < -0.39 is 17.5 Å². The number of benzene rings is 2. The fourth-order valence-electron chi connectivity index (χ4n) is 1.39. The summed E-state index contributed by atoms with van der Waals surface area (Å²) in [5.74, 6) is -3.70. The van der Waals surface area contributed by atoms with Crippen molar-refractivity contribution in [2.45, 2.75) is 16.7 Å². The Balaban J connectivity index is 2.41. The summed E-state index contributed by atoms with van der Waals surface area (Å²) in [7, 11) is 0. The normalized spacial score (nSPS) is 10.6. The van der Waals surface area contributed by atoms with E-state index in [4.69, 9.17) is 0 Å². The molecule has 0 amide bonds. The van der Waals surface area contributed by atoms with E-state index in [1.807, 2.05) is 30.3 Å². The minimum absolute atomic E-state index is 0.123. The third kappa shape index (κ3) is 2.47. The van der Waals surface area contributed by atoms with Crippen LogP contribution in [0, 0.1) is 24.4 Å². The molecule has 88 valence electrons. The van der Waals surface area contributed by atoms with Crippen LogP contribution in [0.3, 0.4) is 0 Å². The van der Waals surface area contributed by atoms with Crippen LogP contribution in [0.5, 0.6) is 0 Å². The zero-order chi connectivity index (χ0) is 12.4. The van der Waals surface area contributed by atoms with Crippen LogP contribution in [-0.2, 0) is 0 Å². The Hall–Kier alpha value is -1.42. The lowest BCUT2D eigenvalue weighted by Gasteiger charge is -2.07. The third-order valence-electron chi connectivity index (χ3n) is 2.33. The first-order valence-electron chi connectivity index (χ1n) is 4.96. The lowest BCUT2D eigenvalue weighted by molar-refractivity contribution is 0.439. The molecule has 0 N–H and O–H groups in total. The van der Waals surface area contributed by atoms with Crippen LogP contribution in [0.4, 0.5) is 13.2 Å². The van der Waals surface area contributed by atoms with Gasteiger partial charge in [0.25, 0.3) is 0 Å². The van der Waals surface area contributed by atoms with Gasteiger partial charge in [-0.25, -0.2) is 13.2 Å². The van der Waals surface area contributed by atoms with E-state index in [1.165, 1.54) is 18.7 Å². The van der Waals surface area contributed by atoms with E-state index in [9.17, 15) is 13.2 Å². The van der Waals surface area contributed by atoms with Crippen LogP contribution in [0.15, 0.2) is 46.2 Å². The predicted octanol–water partition coefficient (Wildman–Crippen LogP) is 4.56. The molecule has 0 nitrogen and oxygen atoms in total. The minimum atomic E-state index is -1.42. The molecule has 0 aromatic heterocycles. The molecule has 2 aromatic carbocycles. The molecule has 0 spiro atoms. The van der Waals surface area contributed by atoms with Crippen LogP contribution in [-0.4, -0.2) is 0 Å². The molecule has 0 aliphatic carbocycles. The van der Waals surface area contributed by atoms with Gasteiger partial charge in [-0.15, -0.1) is 0 Å². The van der Waals surface area contributed by atoms with Crippen molar-refractivity contribution < 1.29 is 13.2 Å². The first-order valence-corrected chi connectivity index (χ1v) is 5.78. The molecular formula is C13H9F3S. The Morgan fingerprint density at radius 2 is 1.59 bits per heavy atom. The van der Waals surface area contributed by atoms with Gasteiger partial charge in [0.15, 0.2) is 17.5 Å². The van der Waals surface area contributed by atoms with Crippen molar-refractivity contribution >= 4 is 11.8 Å². The topological polar surface area (TPSA) is 0 Å². The van der Waals surface area contributed by atoms with Gasteiger partial charge in [0.1, 0.15) is 0 Å². The van der Waals surface area contributed by atoms with E-state index in [1.54, 1.807) is 0 Å². The van der Waals surface area contributed by atoms with Crippen molar-refractivity contribution in [3.05, 3.63) is 59.4 Å². The molecule has 17 heavy (non-hydrogen) atoms. The first kappa shape index (κ1) is 12.0. The van der Waals surface area contributed by atoms with Gasteiger partial charge in [-0.2, -0.15) is 0 Å². The molecule has 4 heteroatoms. The number of hydrogen-bond donors (Lipinski definition) is 0. The molecule has 0 bridgehead atoms. The van der Waals surface area contributed by atoms with Gasteiger partial charge in [0.2, 0.25) is 0 Å². The zero-order valence-corrected chi connectivity index (χ0v) is 9.82. The molecule has 0 unspecified atom stereocenters. The molecule has 0 aliphatic heterocycles. The van der Waals surface area contributed by atoms with E-state index in [0.29, 0.717) is 4.90 Å². The summed E-state index contributed by atoms with van der Waals surface area (Å²) < 4.78 is 39.4. The van der Waals surface area contributed by atoms with Crippen LogP contribution < -0.4 is 0 Å².